The standard InChI is InChI=1S/C11H13F3N2O5S/c1-2-20-9(18)7-6(11(12,13)14)5-22-8(7)15-10(19)16-21-4-3-17/h5,17H,2-4H2,1H3,(H2,15,16,19). The highest BCUT2D eigenvalue weighted by Crippen LogP contribution is 2.39. The molecule has 0 unspecified atom stereocenters. The minimum absolute atomic E-state index is 0.114. The number of hydrogen-bond acceptors (Lipinski definition) is 6. The fraction of sp³-hybridized carbons (Fsp3) is 0.455. The normalized spacial score (nSPS) is 11.1. The topological polar surface area (TPSA) is 96.9 Å². The second kappa shape index (κ2) is 7.96. The number of urea groups is 1. The molecule has 7 nitrogen and oxygen atoms in total. The number of hydrogen-bond donors (Lipinski definition) is 3. The Morgan fingerprint density at radius 2 is 2.09 bits per heavy atom. The molecule has 0 aliphatic carbocycles. The Morgan fingerprint density at radius 1 is 1.41 bits per heavy atom. The van der Waals surface area contributed by atoms with Crippen molar-refractivity contribution in [3.8, 4) is 0 Å². The number of carbonyl (C=O) groups is 2. The molecular formula is C11H13F3N2O5S. The predicted octanol–water partition coefficient (Wildman–Crippen LogP) is 1.99. The van der Waals surface area contributed by atoms with E-state index in [0.29, 0.717) is 16.7 Å². The van der Waals surface area contributed by atoms with Gasteiger partial charge in [-0.15, -0.1) is 11.3 Å². The quantitative estimate of drug-likeness (QED) is 0.417. The molecule has 0 aliphatic rings. The van der Waals surface area contributed by atoms with Crippen molar-refractivity contribution in [2.75, 3.05) is 25.1 Å². The van der Waals surface area contributed by atoms with Crippen LogP contribution in [0.15, 0.2) is 5.38 Å². The summed E-state index contributed by atoms with van der Waals surface area (Å²) in [6.07, 6.45) is -4.76. The van der Waals surface area contributed by atoms with Gasteiger partial charge in [-0.2, -0.15) is 13.2 Å². The summed E-state index contributed by atoms with van der Waals surface area (Å²) in [6, 6.07) is -0.991. The minimum atomic E-state index is -4.76. The summed E-state index contributed by atoms with van der Waals surface area (Å²) in [5, 5.41) is 10.9. The molecule has 1 aromatic rings. The van der Waals surface area contributed by atoms with Crippen molar-refractivity contribution >= 4 is 28.3 Å². The van der Waals surface area contributed by atoms with Gasteiger partial charge < -0.3 is 9.84 Å². The molecule has 11 heteroatoms. The van der Waals surface area contributed by atoms with Gasteiger partial charge in [0, 0.05) is 5.38 Å². The molecule has 0 aromatic carbocycles. The van der Waals surface area contributed by atoms with Gasteiger partial charge >= 0.3 is 18.2 Å². The average Bonchev–Trinajstić information content (AvgIpc) is 2.83. The molecular weight excluding hydrogens is 329 g/mol. The molecule has 1 heterocycles. The number of amides is 2. The van der Waals surface area contributed by atoms with Crippen LogP contribution < -0.4 is 10.8 Å². The van der Waals surface area contributed by atoms with Crippen LogP contribution in [0.3, 0.4) is 0 Å². The van der Waals surface area contributed by atoms with E-state index < -0.39 is 29.3 Å². The maximum atomic E-state index is 12.9. The number of aliphatic hydroxyl groups excluding tert-OH is 1. The van der Waals surface area contributed by atoms with E-state index in [0.717, 1.165) is 0 Å². The van der Waals surface area contributed by atoms with Crippen LogP contribution >= 0.6 is 11.3 Å². The largest absolute Gasteiger partial charge is 0.462 e. The van der Waals surface area contributed by atoms with Gasteiger partial charge in [0.1, 0.15) is 10.6 Å². The number of halogens is 3. The smallest absolute Gasteiger partial charge is 0.418 e. The lowest BCUT2D eigenvalue weighted by Gasteiger charge is -2.10. The summed E-state index contributed by atoms with van der Waals surface area (Å²) < 4.78 is 43.2. The monoisotopic (exact) mass is 342 g/mol. The molecule has 2 amide bonds. The second-order valence-corrected chi connectivity index (χ2v) is 4.58. The maximum Gasteiger partial charge on any atom is 0.418 e. The SMILES string of the molecule is CCOC(=O)c1c(C(F)(F)F)csc1NC(=O)NOCCO. The molecule has 0 aliphatic heterocycles. The molecule has 0 bridgehead atoms. The average molecular weight is 342 g/mol. The molecule has 1 rings (SSSR count). The van der Waals surface area contributed by atoms with Crippen LogP contribution in [0.5, 0.6) is 0 Å². The van der Waals surface area contributed by atoms with Crippen LogP contribution in [-0.2, 0) is 15.8 Å². The Bertz CT molecular complexity index is 532. The molecule has 0 spiro atoms. The van der Waals surface area contributed by atoms with E-state index in [4.69, 9.17) is 5.11 Å². The van der Waals surface area contributed by atoms with Crippen LogP contribution in [0.4, 0.5) is 23.0 Å². The van der Waals surface area contributed by atoms with Crippen molar-refractivity contribution in [2.24, 2.45) is 0 Å². The lowest BCUT2D eigenvalue weighted by Crippen LogP contribution is -2.30. The van der Waals surface area contributed by atoms with E-state index in [2.05, 4.69) is 14.9 Å². The van der Waals surface area contributed by atoms with Gasteiger partial charge in [-0.25, -0.2) is 15.1 Å². The summed E-state index contributed by atoms with van der Waals surface area (Å²) >= 11 is 0.527. The Hall–Kier alpha value is -1.85. The van der Waals surface area contributed by atoms with Crippen molar-refractivity contribution in [3.05, 3.63) is 16.5 Å². The number of nitrogens with one attached hydrogen (secondary N) is 2. The third kappa shape index (κ3) is 4.86. The molecule has 0 fully saturated rings. The van der Waals surface area contributed by atoms with Gasteiger partial charge in [-0.3, -0.25) is 10.2 Å². The van der Waals surface area contributed by atoms with E-state index in [1.165, 1.54) is 6.92 Å². The Kier molecular flexibility index (Phi) is 6.59. The van der Waals surface area contributed by atoms with Gasteiger partial charge in [0.25, 0.3) is 0 Å². The van der Waals surface area contributed by atoms with Crippen LogP contribution in [0.2, 0.25) is 0 Å². The highest BCUT2D eigenvalue weighted by molar-refractivity contribution is 7.15. The summed E-state index contributed by atoms with van der Waals surface area (Å²) in [5.41, 5.74) is -0.118. The molecule has 0 radical (unpaired) electrons. The number of aliphatic hydroxyl groups is 1. The fourth-order valence-corrected chi connectivity index (χ4v) is 2.31. The number of hydroxylamine groups is 1. The van der Waals surface area contributed by atoms with Crippen LogP contribution in [0, 0.1) is 0 Å². The summed E-state index contributed by atoms with van der Waals surface area (Å²) in [5.74, 6) is -1.19. The molecule has 3 N–H and O–H groups in total. The third-order valence-electron chi connectivity index (χ3n) is 2.16. The van der Waals surface area contributed by atoms with Gasteiger partial charge in [0.15, 0.2) is 0 Å². The van der Waals surface area contributed by atoms with E-state index in [-0.39, 0.29) is 24.8 Å². The molecule has 1 aromatic heterocycles. The first-order valence-corrected chi connectivity index (χ1v) is 6.84. The molecule has 0 atom stereocenters. The Labute approximate surface area is 127 Å². The lowest BCUT2D eigenvalue weighted by atomic mass is 10.2. The zero-order chi connectivity index (χ0) is 16.8. The minimum Gasteiger partial charge on any atom is -0.462 e. The van der Waals surface area contributed by atoms with Crippen LogP contribution in [0.25, 0.3) is 0 Å². The van der Waals surface area contributed by atoms with Gasteiger partial charge in [0.05, 0.1) is 25.4 Å². The highest BCUT2D eigenvalue weighted by atomic mass is 32.1. The second-order valence-electron chi connectivity index (χ2n) is 3.70. The third-order valence-corrected chi connectivity index (χ3v) is 3.06. The number of esters is 1. The Morgan fingerprint density at radius 3 is 2.64 bits per heavy atom. The molecule has 124 valence electrons. The number of ether oxygens (including phenoxy) is 1. The van der Waals surface area contributed by atoms with E-state index in [9.17, 15) is 22.8 Å². The van der Waals surface area contributed by atoms with Crippen molar-refractivity contribution in [2.45, 2.75) is 13.1 Å². The van der Waals surface area contributed by atoms with Crippen molar-refractivity contribution < 1.29 is 37.4 Å². The van der Waals surface area contributed by atoms with Crippen LogP contribution in [-0.4, -0.2) is 36.9 Å². The lowest BCUT2D eigenvalue weighted by molar-refractivity contribution is -0.137. The highest BCUT2D eigenvalue weighted by Gasteiger charge is 2.39. The van der Waals surface area contributed by atoms with Crippen LogP contribution in [0.1, 0.15) is 22.8 Å². The first-order chi connectivity index (χ1) is 10.3. The van der Waals surface area contributed by atoms with Crippen molar-refractivity contribution in [1.82, 2.24) is 5.48 Å². The molecule has 0 saturated carbocycles. The summed E-state index contributed by atoms with van der Waals surface area (Å²) in [6.45, 7) is 0.777. The zero-order valence-corrected chi connectivity index (χ0v) is 12.1. The zero-order valence-electron chi connectivity index (χ0n) is 11.3. The first kappa shape index (κ1) is 18.2. The number of anilines is 1. The Balaban J connectivity index is 2.97. The number of alkyl halides is 3. The van der Waals surface area contributed by atoms with Crippen molar-refractivity contribution in [1.29, 1.82) is 0 Å². The first-order valence-electron chi connectivity index (χ1n) is 5.96. The van der Waals surface area contributed by atoms with E-state index in [1.807, 2.05) is 5.48 Å². The van der Waals surface area contributed by atoms with Crippen molar-refractivity contribution in [3.63, 3.8) is 0 Å². The van der Waals surface area contributed by atoms with E-state index >= 15 is 0 Å². The summed E-state index contributed by atoms with van der Waals surface area (Å²) in [4.78, 5) is 27.6. The van der Waals surface area contributed by atoms with Gasteiger partial charge in [-0.1, -0.05) is 0 Å². The number of thiophene rings is 1. The maximum absolute atomic E-state index is 12.9. The van der Waals surface area contributed by atoms with Gasteiger partial charge in [0.2, 0.25) is 0 Å². The number of rotatable bonds is 6. The predicted molar refractivity (Wildman–Crippen MR) is 70.5 cm³/mol. The molecule has 0 saturated heterocycles. The molecule has 22 heavy (non-hydrogen) atoms. The summed E-state index contributed by atoms with van der Waals surface area (Å²) in [7, 11) is 0. The van der Waals surface area contributed by atoms with Gasteiger partial charge in [-0.05, 0) is 6.92 Å². The number of carbonyl (C=O) groups excluding carboxylic acids is 2. The fourth-order valence-electron chi connectivity index (χ4n) is 1.36. The van der Waals surface area contributed by atoms with E-state index in [1.54, 1.807) is 0 Å².